The van der Waals surface area contributed by atoms with E-state index in [0.29, 0.717) is 5.82 Å². The van der Waals surface area contributed by atoms with Gasteiger partial charge in [0.15, 0.2) is 0 Å². The van der Waals surface area contributed by atoms with E-state index in [1.54, 1.807) is 19.3 Å². The van der Waals surface area contributed by atoms with Gasteiger partial charge in [-0.15, -0.1) is 0 Å². The second-order valence-corrected chi connectivity index (χ2v) is 4.74. The Balaban J connectivity index is 2.33. The predicted octanol–water partition coefficient (Wildman–Crippen LogP) is 3.39. The third-order valence-corrected chi connectivity index (χ3v) is 3.14. The number of rotatable bonds is 4. The first-order valence-corrected chi connectivity index (χ1v) is 6.17. The smallest absolute Gasteiger partial charge is 0.295 e. The Bertz CT molecular complexity index is 603. The molecule has 1 aromatic carbocycles. The number of aromatic nitrogens is 2. The number of benzene rings is 1. The predicted molar refractivity (Wildman–Crippen MR) is 71.4 cm³/mol. The van der Waals surface area contributed by atoms with Crippen LogP contribution in [-0.4, -0.2) is 14.9 Å². The summed E-state index contributed by atoms with van der Waals surface area (Å²) in [5.41, 5.74) is -0.0960. The molecule has 0 amide bonds. The van der Waals surface area contributed by atoms with E-state index in [-0.39, 0.29) is 21.9 Å². The molecule has 100 valence electrons. The number of imidazole rings is 1. The van der Waals surface area contributed by atoms with Gasteiger partial charge < -0.3 is 10.3 Å². The van der Waals surface area contributed by atoms with Crippen LogP contribution in [0.3, 0.4) is 0 Å². The van der Waals surface area contributed by atoms with Gasteiger partial charge >= 0.3 is 0 Å². The SMILES string of the molecule is CC(Nc1cc(Br)c(F)cc1[N+](=O)[O-])c1ncc[nH]1. The molecule has 0 saturated heterocycles. The van der Waals surface area contributed by atoms with Crippen LogP contribution in [0.2, 0.25) is 0 Å². The zero-order valence-electron chi connectivity index (χ0n) is 9.85. The molecule has 1 heterocycles. The molecule has 2 aromatic rings. The standard InChI is InChI=1S/C11H10BrFN4O2/c1-6(11-14-2-3-15-11)16-9-4-7(12)8(13)5-10(9)17(18)19/h2-6,16H,1H3,(H,14,15). The van der Waals surface area contributed by atoms with Crippen LogP contribution in [0.25, 0.3) is 0 Å². The topological polar surface area (TPSA) is 83.8 Å². The number of anilines is 1. The highest BCUT2D eigenvalue weighted by molar-refractivity contribution is 9.10. The molecule has 0 saturated carbocycles. The first-order chi connectivity index (χ1) is 8.99. The Morgan fingerprint density at radius 2 is 2.32 bits per heavy atom. The molecule has 0 fully saturated rings. The van der Waals surface area contributed by atoms with Crippen molar-refractivity contribution in [1.29, 1.82) is 0 Å². The lowest BCUT2D eigenvalue weighted by atomic mass is 10.2. The monoisotopic (exact) mass is 328 g/mol. The summed E-state index contributed by atoms with van der Waals surface area (Å²) in [6.07, 6.45) is 3.24. The number of nitro groups is 1. The molecule has 0 spiro atoms. The molecular formula is C11H10BrFN4O2. The fourth-order valence-electron chi connectivity index (χ4n) is 1.62. The van der Waals surface area contributed by atoms with Crippen LogP contribution in [-0.2, 0) is 0 Å². The van der Waals surface area contributed by atoms with Crippen molar-refractivity contribution >= 4 is 27.3 Å². The Hall–Kier alpha value is -1.96. The van der Waals surface area contributed by atoms with E-state index in [4.69, 9.17) is 0 Å². The summed E-state index contributed by atoms with van der Waals surface area (Å²) >= 11 is 3.01. The van der Waals surface area contributed by atoms with Crippen molar-refractivity contribution in [2.45, 2.75) is 13.0 Å². The first kappa shape index (κ1) is 13.5. The number of hydrogen-bond acceptors (Lipinski definition) is 4. The molecular weight excluding hydrogens is 319 g/mol. The lowest BCUT2D eigenvalue weighted by Gasteiger charge is -2.13. The van der Waals surface area contributed by atoms with Crippen LogP contribution in [0.5, 0.6) is 0 Å². The van der Waals surface area contributed by atoms with Crippen LogP contribution < -0.4 is 5.32 Å². The summed E-state index contributed by atoms with van der Waals surface area (Å²) in [6.45, 7) is 1.79. The summed E-state index contributed by atoms with van der Waals surface area (Å²) in [5.74, 6) is -0.0438. The summed E-state index contributed by atoms with van der Waals surface area (Å²) in [5, 5.41) is 13.8. The number of H-pyrrole nitrogens is 1. The lowest BCUT2D eigenvalue weighted by Crippen LogP contribution is -2.10. The third kappa shape index (κ3) is 2.90. The summed E-state index contributed by atoms with van der Waals surface area (Å²) in [4.78, 5) is 17.2. The number of aromatic amines is 1. The zero-order valence-corrected chi connectivity index (χ0v) is 11.4. The molecule has 19 heavy (non-hydrogen) atoms. The molecule has 1 atom stereocenters. The highest BCUT2D eigenvalue weighted by Crippen LogP contribution is 2.32. The van der Waals surface area contributed by atoms with E-state index in [9.17, 15) is 14.5 Å². The second-order valence-electron chi connectivity index (χ2n) is 3.88. The Kier molecular flexibility index (Phi) is 3.79. The Morgan fingerprint density at radius 3 is 2.89 bits per heavy atom. The van der Waals surface area contributed by atoms with Gasteiger partial charge in [-0.1, -0.05) is 0 Å². The average molecular weight is 329 g/mol. The van der Waals surface area contributed by atoms with Crippen LogP contribution in [0, 0.1) is 15.9 Å². The van der Waals surface area contributed by atoms with E-state index >= 15 is 0 Å². The van der Waals surface area contributed by atoms with E-state index in [1.165, 1.54) is 6.07 Å². The normalized spacial score (nSPS) is 12.2. The fourth-order valence-corrected chi connectivity index (χ4v) is 1.96. The summed E-state index contributed by atoms with van der Waals surface area (Å²) < 4.78 is 13.5. The van der Waals surface area contributed by atoms with Crippen molar-refractivity contribution in [1.82, 2.24) is 9.97 Å². The van der Waals surface area contributed by atoms with Gasteiger partial charge in [-0.3, -0.25) is 10.1 Å². The van der Waals surface area contributed by atoms with Crippen LogP contribution >= 0.6 is 15.9 Å². The highest BCUT2D eigenvalue weighted by Gasteiger charge is 2.20. The van der Waals surface area contributed by atoms with Gasteiger partial charge in [-0.05, 0) is 28.9 Å². The number of nitro benzene ring substituents is 1. The molecule has 0 aliphatic carbocycles. The number of halogens is 2. The number of nitrogens with one attached hydrogen (secondary N) is 2. The molecule has 0 aliphatic rings. The molecule has 2 rings (SSSR count). The van der Waals surface area contributed by atoms with Gasteiger partial charge in [-0.25, -0.2) is 9.37 Å². The van der Waals surface area contributed by atoms with Crippen LogP contribution in [0.1, 0.15) is 18.8 Å². The van der Waals surface area contributed by atoms with Gasteiger partial charge in [0.2, 0.25) is 0 Å². The molecule has 2 N–H and O–H groups in total. The van der Waals surface area contributed by atoms with E-state index in [2.05, 4.69) is 31.2 Å². The van der Waals surface area contributed by atoms with E-state index in [1.807, 2.05) is 0 Å². The molecule has 0 aliphatic heterocycles. The van der Waals surface area contributed by atoms with Crippen LogP contribution in [0.15, 0.2) is 29.0 Å². The Morgan fingerprint density at radius 1 is 1.58 bits per heavy atom. The van der Waals surface area contributed by atoms with Gasteiger partial charge in [0.05, 0.1) is 21.5 Å². The van der Waals surface area contributed by atoms with Crippen molar-refractivity contribution in [2.75, 3.05) is 5.32 Å². The molecule has 1 aromatic heterocycles. The Labute approximate surface area is 116 Å². The van der Waals surface area contributed by atoms with E-state index in [0.717, 1.165) is 6.07 Å². The zero-order chi connectivity index (χ0) is 14.0. The van der Waals surface area contributed by atoms with Crippen molar-refractivity contribution in [2.24, 2.45) is 0 Å². The highest BCUT2D eigenvalue weighted by atomic mass is 79.9. The fraction of sp³-hybridized carbons (Fsp3) is 0.182. The van der Waals surface area contributed by atoms with Gasteiger partial charge in [0.1, 0.15) is 17.3 Å². The summed E-state index contributed by atoms with van der Waals surface area (Å²) in [6, 6.07) is 1.94. The van der Waals surface area contributed by atoms with Gasteiger partial charge in [0, 0.05) is 12.4 Å². The first-order valence-electron chi connectivity index (χ1n) is 5.38. The maximum Gasteiger partial charge on any atom is 0.295 e. The second kappa shape index (κ2) is 5.35. The number of nitrogens with zero attached hydrogens (tertiary/aromatic N) is 2. The molecule has 1 unspecified atom stereocenters. The molecule has 0 bridgehead atoms. The summed E-state index contributed by atoms with van der Waals surface area (Å²) in [7, 11) is 0. The van der Waals surface area contributed by atoms with Crippen LogP contribution in [0.4, 0.5) is 15.8 Å². The average Bonchev–Trinajstić information content (AvgIpc) is 2.86. The van der Waals surface area contributed by atoms with Crippen molar-refractivity contribution < 1.29 is 9.31 Å². The minimum Gasteiger partial charge on any atom is -0.370 e. The maximum atomic E-state index is 13.3. The molecule has 6 nitrogen and oxygen atoms in total. The quantitative estimate of drug-likeness (QED) is 0.665. The number of hydrogen-bond donors (Lipinski definition) is 2. The minimum absolute atomic E-state index is 0.159. The minimum atomic E-state index is -0.678. The third-order valence-electron chi connectivity index (χ3n) is 2.54. The lowest BCUT2D eigenvalue weighted by molar-refractivity contribution is -0.384. The maximum absolute atomic E-state index is 13.3. The van der Waals surface area contributed by atoms with Crippen molar-refractivity contribution in [3.8, 4) is 0 Å². The molecule has 0 radical (unpaired) electrons. The molecule has 8 heteroatoms. The van der Waals surface area contributed by atoms with Gasteiger partial charge in [0.25, 0.3) is 5.69 Å². The van der Waals surface area contributed by atoms with E-state index < -0.39 is 10.7 Å². The van der Waals surface area contributed by atoms with Gasteiger partial charge in [-0.2, -0.15) is 0 Å². The largest absolute Gasteiger partial charge is 0.370 e. The van der Waals surface area contributed by atoms with Crippen molar-refractivity contribution in [3.63, 3.8) is 0 Å². The van der Waals surface area contributed by atoms with Crippen molar-refractivity contribution in [3.05, 3.63) is 50.8 Å².